The Morgan fingerprint density at radius 2 is 1.67 bits per heavy atom. The van der Waals surface area contributed by atoms with E-state index in [9.17, 15) is 0 Å². The second-order valence-corrected chi connectivity index (χ2v) is 6.92. The molecule has 27 heavy (non-hydrogen) atoms. The van der Waals surface area contributed by atoms with Crippen LogP contribution in [-0.2, 0) is 0 Å². The molecule has 0 saturated carbocycles. The molecule has 1 aromatic carbocycles. The van der Waals surface area contributed by atoms with Crippen LogP contribution in [-0.4, -0.2) is 24.7 Å². The number of ether oxygens (including phenoxy) is 1. The molecule has 0 aliphatic heterocycles. The second-order valence-electron chi connectivity index (χ2n) is 5.76. The molecule has 0 spiro atoms. The molecule has 0 amide bonds. The normalized spacial score (nSPS) is 12.3. The van der Waals surface area contributed by atoms with Gasteiger partial charge in [0.2, 0.25) is 5.28 Å². The SMILES string of the molecule is C[C@@H](Oc1ccc2c(cnn2-c2cnc(Cl)nc2)c1)c1c(Cl)cncc1Cl. The Kier molecular flexibility index (Phi) is 4.86. The number of nitrogens with zero attached hydrogens (tertiary/aromatic N) is 5. The van der Waals surface area contributed by atoms with Gasteiger partial charge in [-0.2, -0.15) is 5.10 Å². The molecule has 3 aromatic heterocycles. The van der Waals surface area contributed by atoms with Gasteiger partial charge in [-0.3, -0.25) is 4.98 Å². The van der Waals surface area contributed by atoms with Gasteiger partial charge in [0.05, 0.1) is 34.2 Å². The topological polar surface area (TPSA) is 65.7 Å². The Labute approximate surface area is 169 Å². The summed E-state index contributed by atoms with van der Waals surface area (Å²) in [5.41, 5.74) is 2.30. The quantitative estimate of drug-likeness (QED) is 0.419. The highest BCUT2D eigenvalue weighted by Gasteiger charge is 2.16. The van der Waals surface area contributed by atoms with E-state index < -0.39 is 0 Å². The van der Waals surface area contributed by atoms with Crippen LogP contribution in [0.5, 0.6) is 5.75 Å². The summed E-state index contributed by atoms with van der Waals surface area (Å²) >= 11 is 18.2. The summed E-state index contributed by atoms with van der Waals surface area (Å²) < 4.78 is 7.76. The first-order valence-electron chi connectivity index (χ1n) is 7.94. The van der Waals surface area contributed by atoms with Crippen molar-refractivity contribution in [2.45, 2.75) is 13.0 Å². The maximum absolute atomic E-state index is 6.21. The van der Waals surface area contributed by atoms with Gasteiger partial charge in [-0.05, 0) is 36.7 Å². The van der Waals surface area contributed by atoms with Crippen molar-refractivity contribution in [3.8, 4) is 11.4 Å². The average molecular weight is 421 g/mol. The van der Waals surface area contributed by atoms with Crippen molar-refractivity contribution in [2.24, 2.45) is 0 Å². The monoisotopic (exact) mass is 419 g/mol. The van der Waals surface area contributed by atoms with Gasteiger partial charge in [0.15, 0.2) is 0 Å². The van der Waals surface area contributed by atoms with Gasteiger partial charge in [-0.25, -0.2) is 14.6 Å². The maximum Gasteiger partial charge on any atom is 0.222 e. The Morgan fingerprint density at radius 1 is 0.963 bits per heavy atom. The lowest BCUT2D eigenvalue weighted by atomic mass is 10.1. The molecule has 0 radical (unpaired) electrons. The van der Waals surface area contributed by atoms with Crippen LogP contribution in [0.4, 0.5) is 0 Å². The number of fused-ring (bicyclic) bond motifs is 1. The van der Waals surface area contributed by atoms with Crippen molar-refractivity contribution in [3.63, 3.8) is 0 Å². The molecule has 0 saturated heterocycles. The van der Waals surface area contributed by atoms with E-state index in [-0.39, 0.29) is 11.4 Å². The van der Waals surface area contributed by atoms with Crippen LogP contribution in [0.1, 0.15) is 18.6 Å². The minimum atomic E-state index is -0.342. The number of rotatable bonds is 4. The summed E-state index contributed by atoms with van der Waals surface area (Å²) in [5.74, 6) is 0.672. The van der Waals surface area contributed by atoms with Crippen LogP contribution in [0.2, 0.25) is 15.3 Å². The minimum absolute atomic E-state index is 0.188. The highest BCUT2D eigenvalue weighted by atomic mass is 35.5. The first kappa shape index (κ1) is 18.0. The van der Waals surface area contributed by atoms with Gasteiger partial charge in [-0.1, -0.05) is 23.2 Å². The summed E-state index contributed by atoms with van der Waals surface area (Å²) in [5, 5.41) is 6.41. The van der Waals surface area contributed by atoms with E-state index in [0.29, 0.717) is 27.0 Å². The highest BCUT2D eigenvalue weighted by molar-refractivity contribution is 6.35. The van der Waals surface area contributed by atoms with Crippen molar-refractivity contribution in [1.82, 2.24) is 24.7 Å². The lowest BCUT2D eigenvalue weighted by Gasteiger charge is -2.17. The Hall–Kier alpha value is -2.41. The summed E-state index contributed by atoms with van der Waals surface area (Å²) in [4.78, 5) is 11.9. The lowest BCUT2D eigenvalue weighted by Crippen LogP contribution is -2.05. The average Bonchev–Trinajstić information content (AvgIpc) is 3.05. The van der Waals surface area contributed by atoms with E-state index in [4.69, 9.17) is 39.5 Å². The zero-order valence-corrected chi connectivity index (χ0v) is 16.2. The number of aromatic nitrogens is 5. The summed E-state index contributed by atoms with van der Waals surface area (Å²) in [6.07, 6.45) is 7.72. The van der Waals surface area contributed by atoms with E-state index in [1.165, 1.54) is 0 Å². The molecular weight excluding hydrogens is 409 g/mol. The van der Waals surface area contributed by atoms with Crippen LogP contribution in [0, 0.1) is 0 Å². The fourth-order valence-corrected chi connectivity index (χ4v) is 3.55. The van der Waals surface area contributed by atoms with Crippen molar-refractivity contribution in [3.05, 3.63) is 70.1 Å². The highest BCUT2D eigenvalue weighted by Crippen LogP contribution is 2.33. The first-order valence-corrected chi connectivity index (χ1v) is 9.07. The van der Waals surface area contributed by atoms with Gasteiger partial charge in [0.1, 0.15) is 17.5 Å². The molecule has 0 aliphatic rings. The van der Waals surface area contributed by atoms with E-state index in [2.05, 4.69) is 20.1 Å². The molecule has 4 aromatic rings. The third kappa shape index (κ3) is 3.56. The van der Waals surface area contributed by atoms with Gasteiger partial charge in [0.25, 0.3) is 0 Å². The first-order chi connectivity index (χ1) is 13.0. The Bertz CT molecular complexity index is 1090. The van der Waals surface area contributed by atoms with Crippen molar-refractivity contribution >= 4 is 45.7 Å². The number of halogens is 3. The fraction of sp³-hybridized carbons (Fsp3) is 0.111. The standard InChI is InChI=1S/C18H12Cl3N5O/c1-10(17-14(19)8-22-9-15(17)20)27-13-2-3-16-11(4-13)5-25-26(16)12-6-23-18(21)24-7-12/h2-10H,1H3/t10-/m1/s1. The third-order valence-electron chi connectivity index (χ3n) is 4.00. The van der Waals surface area contributed by atoms with Crippen molar-refractivity contribution in [1.29, 1.82) is 0 Å². The van der Waals surface area contributed by atoms with Gasteiger partial charge >= 0.3 is 0 Å². The smallest absolute Gasteiger partial charge is 0.222 e. The van der Waals surface area contributed by atoms with Crippen LogP contribution < -0.4 is 4.74 Å². The molecule has 0 aliphatic carbocycles. The van der Waals surface area contributed by atoms with Crippen LogP contribution in [0.3, 0.4) is 0 Å². The fourth-order valence-electron chi connectivity index (χ4n) is 2.78. The van der Waals surface area contributed by atoms with E-state index >= 15 is 0 Å². The lowest BCUT2D eigenvalue weighted by molar-refractivity contribution is 0.227. The number of benzene rings is 1. The molecule has 0 unspecified atom stereocenters. The molecule has 9 heteroatoms. The van der Waals surface area contributed by atoms with E-state index in [1.54, 1.807) is 35.7 Å². The van der Waals surface area contributed by atoms with Gasteiger partial charge in [-0.15, -0.1) is 0 Å². The maximum atomic E-state index is 6.21. The minimum Gasteiger partial charge on any atom is -0.486 e. The van der Waals surface area contributed by atoms with Crippen LogP contribution >= 0.6 is 34.8 Å². The predicted octanol–water partition coefficient (Wildman–Crippen LogP) is 5.31. The molecule has 3 heterocycles. The van der Waals surface area contributed by atoms with E-state index in [1.807, 2.05) is 25.1 Å². The predicted molar refractivity (Wildman–Crippen MR) is 105 cm³/mol. The molecule has 6 nitrogen and oxygen atoms in total. The molecule has 0 fully saturated rings. The molecule has 4 rings (SSSR count). The Balaban J connectivity index is 1.64. The second kappa shape index (κ2) is 7.31. The molecular formula is C18H12Cl3N5O. The summed E-state index contributed by atoms with van der Waals surface area (Å²) in [7, 11) is 0. The van der Waals surface area contributed by atoms with E-state index in [0.717, 1.165) is 10.9 Å². The largest absolute Gasteiger partial charge is 0.486 e. The number of pyridine rings is 1. The summed E-state index contributed by atoms with van der Waals surface area (Å²) in [6, 6.07) is 5.67. The zero-order valence-electron chi connectivity index (χ0n) is 14.0. The van der Waals surface area contributed by atoms with Crippen molar-refractivity contribution in [2.75, 3.05) is 0 Å². The van der Waals surface area contributed by atoms with Crippen molar-refractivity contribution < 1.29 is 4.74 Å². The number of hydrogen-bond acceptors (Lipinski definition) is 5. The molecule has 136 valence electrons. The summed E-state index contributed by atoms with van der Waals surface area (Å²) in [6.45, 7) is 1.88. The third-order valence-corrected chi connectivity index (χ3v) is 4.80. The molecule has 1 atom stereocenters. The van der Waals surface area contributed by atoms with Crippen LogP contribution in [0.25, 0.3) is 16.6 Å². The Morgan fingerprint density at radius 3 is 2.37 bits per heavy atom. The number of hydrogen-bond donors (Lipinski definition) is 0. The molecule has 0 bridgehead atoms. The molecule has 0 N–H and O–H groups in total. The zero-order chi connectivity index (χ0) is 19.0. The van der Waals surface area contributed by atoms with Gasteiger partial charge in [0, 0.05) is 23.3 Å². The van der Waals surface area contributed by atoms with Gasteiger partial charge < -0.3 is 4.74 Å². The van der Waals surface area contributed by atoms with Crippen LogP contribution in [0.15, 0.2) is 49.2 Å².